The van der Waals surface area contributed by atoms with Crippen LogP contribution in [0.4, 0.5) is 5.13 Å². The molecule has 2 aliphatic heterocycles. The van der Waals surface area contributed by atoms with Crippen LogP contribution in [0.25, 0.3) is 0 Å². The number of hydrogen-bond acceptors (Lipinski definition) is 6. The van der Waals surface area contributed by atoms with Crippen molar-refractivity contribution in [3.8, 4) is 6.19 Å². The van der Waals surface area contributed by atoms with Gasteiger partial charge in [-0.3, -0.25) is 14.6 Å². The summed E-state index contributed by atoms with van der Waals surface area (Å²) in [7, 11) is 0. The van der Waals surface area contributed by atoms with E-state index in [1.54, 1.807) is 21.1 Å². The van der Waals surface area contributed by atoms with E-state index in [1.807, 2.05) is 0 Å². The molecule has 6 nitrogen and oxygen atoms in total. The topological polar surface area (TPSA) is 63.5 Å². The quantitative estimate of drug-likeness (QED) is 0.739. The van der Waals surface area contributed by atoms with Gasteiger partial charge in [0.25, 0.3) is 0 Å². The summed E-state index contributed by atoms with van der Waals surface area (Å²) < 4.78 is 0. The van der Waals surface area contributed by atoms with E-state index in [1.165, 1.54) is 32.1 Å². The van der Waals surface area contributed by atoms with Gasteiger partial charge >= 0.3 is 0 Å². The number of nitrogens with zero attached hydrogens (tertiary/aromatic N) is 5. The normalized spacial score (nSPS) is 25.8. The zero-order valence-corrected chi connectivity index (χ0v) is 15.7. The van der Waals surface area contributed by atoms with E-state index in [2.05, 4.69) is 16.1 Å². The van der Waals surface area contributed by atoms with Gasteiger partial charge in [0.1, 0.15) is 11.2 Å². The van der Waals surface area contributed by atoms with Gasteiger partial charge < -0.3 is 4.90 Å². The number of aromatic nitrogens is 1. The lowest BCUT2D eigenvalue weighted by Gasteiger charge is -2.44. The molecule has 0 aromatic carbocycles. The Hall–Kier alpha value is -1.36. The van der Waals surface area contributed by atoms with Gasteiger partial charge in [-0.15, -0.1) is 0 Å². The maximum absolute atomic E-state index is 13.0. The van der Waals surface area contributed by atoms with Crippen molar-refractivity contribution in [1.29, 1.82) is 5.26 Å². The number of hydrogen-bond donors (Lipinski definition) is 0. The van der Waals surface area contributed by atoms with Gasteiger partial charge in [-0.1, -0.05) is 42.2 Å². The molecule has 0 unspecified atom stereocenters. The number of thiazole rings is 1. The Morgan fingerprint density at radius 3 is 2.68 bits per heavy atom. The minimum absolute atomic E-state index is 0.0480. The van der Waals surface area contributed by atoms with Gasteiger partial charge in [-0.05, 0) is 18.8 Å². The molecule has 4 rings (SSSR count). The smallest absolute Gasteiger partial charge is 0.248 e. The van der Waals surface area contributed by atoms with Crippen molar-refractivity contribution in [3.63, 3.8) is 0 Å². The Kier molecular flexibility index (Phi) is 4.85. The van der Waals surface area contributed by atoms with E-state index in [-0.39, 0.29) is 11.9 Å². The summed E-state index contributed by atoms with van der Waals surface area (Å²) in [6.45, 7) is 3.42. The van der Waals surface area contributed by atoms with E-state index >= 15 is 0 Å². The average molecular weight is 380 g/mol. The second-order valence-corrected chi connectivity index (χ2v) is 8.44. The maximum atomic E-state index is 13.0. The van der Waals surface area contributed by atoms with Crippen molar-refractivity contribution < 1.29 is 4.79 Å². The molecular formula is C17H22ClN5OS. The zero-order chi connectivity index (χ0) is 17.4. The summed E-state index contributed by atoms with van der Waals surface area (Å²) in [4.78, 5) is 24.3. The summed E-state index contributed by atoms with van der Waals surface area (Å²) in [5, 5.41) is 10.4. The molecule has 3 aliphatic rings. The highest BCUT2D eigenvalue weighted by atomic mass is 35.5. The molecule has 0 N–H and O–H groups in total. The van der Waals surface area contributed by atoms with Gasteiger partial charge in [0.05, 0.1) is 6.54 Å². The van der Waals surface area contributed by atoms with E-state index < -0.39 is 0 Å². The van der Waals surface area contributed by atoms with Gasteiger partial charge in [0.15, 0.2) is 11.3 Å². The number of nitriles is 1. The predicted molar refractivity (Wildman–Crippen MR) is 97.9 cm³/mol. The Balaban J connectivity index is 1.54. The number of fused-ring (bicyclic) bond motifs is 1. The zero-order valence-electron chi connectivity index (χ0n) is 14.2. The predicted octanol–water partition coefficient (Wildman–Crippen LogP) is 2.66. The van der Waals surface area contributed by atoms with Crippen LogP contribution in [0.1, 0.15) is 42.9 Å². The second-order valence-electron chi connectivity index (χ2n) is 7.07. The van der Waals surface area contributed by atoms with E-state index in [0.29, 0.717) is 30.7 Å². The molecule has 0 spiro atoms. The Morgan fingerprint density at radius 1 is 1.16 bits per heavy atom. The Labute approximate surface area is 157 Å². The van der Waals surface area contributed by atoms with Crippen molar-refractivity contribution in [2.24, 2.45) is 0 Å². The molecule has 3 heterocycles. The summed E-state index contributed by atoms with van der Waals surface area (Å²) >= 11 is 8.01. The highest BCUT2D eigenvalue weighted by molar-refractivity contribution is 7.16. The van der Waals surface area contributed by atoms with Gasteiger partial charge in [0, 0.05) is 31.1 Å². The molecular weight excluding hydrogens is 358 g/mol. The monoisotopic (exact) mass is 379 g/mol. The molecule has 1 aromatic rings. The van der Waals surface area contributed by atoms with Gasteiger partial charge in [-0.25, -0.2) is 4.98 Å². The van der Waals surface area contributed by atoms with Crippen LogP contribution in [0.3, 0.4) is 0 Å². The molecule has 3 fully saturated rings. The first-order valence-corrected chi connectivity index (χ1v) is 10.2. The average Bonchev–Trinajstić information content (AvgIpc) is 3.04. The molecule has 25 heavy (non-hydrogen) atoms. The number of rotatable bonds is 2. The van der Waals surface area contributed by atoms with Crippen LogP contribution in [0, 0.1) is 11.5 Å². The molecule has 1 aliphatic carbocycles. The number of carbonyl (C=O) groups excluding carboxylic acids is 1. The molecule has 0 bridgehead atoms. The summed E-state index contributed by atoms with van der Waals surface area (Å²) in [5.74, 6) is 0.541. The van der Waals surface area contributed by atoms with Crippen LogP contribution in [0.5, 0.6) is 0 Å². The van der Waals surface area contributed by atoms with Crippen LogP contribution < -0.4 is 4.90 Å². The first-order chi connectivity index (χ1) is 12.2. The molecule has 2 saturated heterocycles. The highest BCUT2D eigenvalue weighted by Crippen LogP contribution is 2.42. The number of carbonyl (C=O) groups is 1. The lowest BCUT2D eigenvalue weighted by atomic mass is 9.88. The third kappa shape index (κ3) is 3.23. The molecule has 0 radical (unpaired) electrons. The molecule has 134 valence electrons. The summed E-state index contributed by atoms with van der Waals surface area (Å²) in [6.07, 6.45) is 8.31. The fourth-order valence-electron chi connectivity index (χ4n) is 4.16. The van der Waals surface area contributed by atoms with Crippen molar-refractivity contribution in [2.45, 2.75) is 44.1 Å². The fourth-order valence-corrected chi connectivity index (χ4v) is 5.71. The third-order valence-corrected chi connectivity index (χ3v) is 7.24. The van der Waals surface area contributed by atoms with Crippen molar-refractivity contribution >= 4 is 34.0 Å². The lowest BCUT2D eigenvalue weighted by molar-refractivity contribution is -0.127. The molecule has 1 atom stereocenters. The third-order valence-electron chi connectivity index (χ3n) is 5.60. The molecule has 1 aromatic heterocycles. The number of piperazine rings is 2. The van der Waals surface area contributed by atoms with Crippen LogP contribution in [-0.4, -0.2) is 59.5 Å². The molecule has 8 heteroatoms. The minimum Gasteiger partial charge on any atom is -0.307 e. The number of amides is 1. The fraction of sp³-hybridized carbons (Fsp3) is 0.706. The van der Waals surface area contributed by atoms with Gasteiger partial charge in [0.2, 0.25) is 5.91 Å². The van der Waals surface area contributed by atoms with E-state index in [0.717, 1.165) is 23.1 Å². The summed E-state index contributed by atoms with van der Waals surface area (Å²) in [5.41, 5.74) is 0. The van der Waals surface area contributed by atoms with Crippen LogP contribution in [-0.2, 0) is 4.79 Å². The number of anilines is 1. The van der Waals surface area contributed by atoms with Crippen molar-refractivity contribution in [1.82, 2.24) is 14.8 Å². The molecule has 1 saturated carbocycles. The van der Waals surface area contributed by atoms with Gasteiger partial charge in [-0.2, -0.15) is 5.26 Å². The van der Waals surface area contributed by atoms with Crippen LogP contribution >= 0.6 is 22.9 Å². The summed E-state index contributed by atoms with van der Waals surface area (Å²) in [6, 6.07) is -0.247. The van der Waals surface area contributed by atoms with Crippen LogP contribution in [0.2, 0.25) is 5.15 Å². The minimum atomic E-state index is -0.247. The van der Waals surface area contributed by atoms with Crippen molar-refractivity contribution in [2.75, 3.05) is 37.6 Å². The standard InChI is InChI=1S/C17H22ClN5OS/c18-15-14(12-4-2-1-3-5-12)25-17(20-15)23-9-8-22-7-6-21(11-19)10-13(22)16(23)24/h12-13H,1-10H2/t13-/m1/s1. The highest BCUT2D eigenvalue weighted by Gasteiger charge is 2.40. The molecule has 1 amide bonds. The first-order valence-electron chi connectivity index (χ1n) is 9.03. The van der Waals surface area contributed by atoms with E-state index in [4.69, 9.17) is 16.9 Å². The van der Waals surface area contributed by atoms with E-state index in [9.17, 15) is 4.79 Å². The largest absolute Gasteiger partial charge is 0.307 e. The SMILES string of the molecule is N#CN1CCN2CCN(c3nc(Cl)c(C4CCCCC4)s3)C(=O)[C@H]2C1. The first kappa shape index (κ1) is 17.1. The Morgan fingerprint density at radius 2 is 1.92 bits per heavy atom. The lowest BCUT2D eigenvalue weighted by Crippen LogP contribution is -2.64. The second kappa shape index (κ2) is 7.10. The van der Waals surface area contributed by atoms with Crippen molar-refractivity contribution in [3.05, 3.63) is 10.0 Å². The maximum Gasteiger partial charge on any atom is 0.248 e. The number of halogens is 1. The Bertz CT molecular complexity index is 696. The van der Waals surface area contributed by atoms with Crippen LogP contribution in [0.15, 0.2) is 0 Å².